The summed E-state index contributed by atoms with van der Waals surface area (Å²) in [5.74, 6) is 0.0354. The van der Waals surface area contributed by atoms with E-state index in [1.54, 1.807) is 6.07 Å². The van der Waals surface area contributed by atoms with E-state index in [1.807, 2.05) is 0 Å². The topological polar surface area (TPSA) is 41.6 Å². The highest BCUT2D eigenvalue weighted by molar-refractivity contribution is 5.76. The van der Waals surface area contributed by atoms with Crippen LogP contribution in [0.15, 0.2) is 24.3 Å². The number of halogens is 3. The van der Waals surface area contributed by atoms with E-state index < -0.39 is 11.7 Å². The fourth-order valence-corrected chi connectivity index (χ4v) is 3.64. The molecule has 3 rings (SSSR count). The highest BCUT2D eigenvalue weighted by atomic mass is 19.4. The third-order valence-electron chi connectivity index (χ3n) is 5.05. The molecule has 4 nitrogen and oxygen atoms in total. The Balaban J connectivity index is 1.43. The lowest BCUT2D eigenvalue weighted by Crippen LogP contribution is -2.44. The Bertz CT molecular complexity index is 607. The van der Waals surface area contributed by atoms with Crippen LogP contribution in [0.5, 0.6) is 0 Å². The second kappa shape index (κ2) is 8.39. The Labute approximate surface area is 151 Å². The Hall–Kier alpha value is -1.60. The van der Waals surface area contributed by atoms with Crippen LogP contribution >= 0.6 is 0 Å². The lowest BCUT2D eigenvalue weighted by molar-refractivity contribution is -0.137. The van der Waals surface area contributed by atoms with Crippen LogP contribution < -0.4 is 5.32 Å². The largest absolute Gasteiger partial charge is 0.416 e. The number of piperidine rings is 1. The first kappa shape index (κ1) is 19.2. The molecule has 26 heavy (non-hydrogen) atoms. The standard InChI is InChI=1S/C19H25F3N2O2/c20-19(21,22)15-4-1-3-14(11-15)13-24-8-6-16(7-9-24)23-18(25)12-17-5-2-10-26-17/h1,3-4,11,16-17H,2,5-10,12-13H2,(H,23,25)/t17-/m0/s1. The highest BCUT2D eigenvalue weighted by Crippen LogP contribution is 2.30. The van der Waals surface area contributed by atoms with Crippen LogP contribution in [-0.2, 0) is 22.3 Å². The van der Waals surface area contributed by atoms with Gasteiger partial charge in [0.1, 0.15) is 0 Å². The van der Waals surface area contributed by atoms with Crippen molar-refractivity contribution in [2.24, 2.45) is 0 Å². The van der Waals surface area contributed by atoms with Crippen molar-refractivity contribution in [3.05, 3.63) is 35.4 Å². The number of carbonyl (C=O) groups excluding carboxylic acids is 1. The Morgan fingerprint density at radius 3 is 2.65 bits per heavy atom. The van der Waals surface area contributed by atoms with Crippen LogP contribution in [0, 0.1) is 0 Å². The normalized spacial score (nSPS) is 22.5. The van der Waals surface area contributed by atoms with E-state index >= 15 is 0 Å². The zero-order valence-corrected chi connectivity index (χ0v) is 14.7. The number of hydrogen-bond donors (Lipinski definition) is 1. The highest BCUT2D eigenvalue weighted by Gasteiger charge is 2.30. The van der Waals surface area contributed by atoms with Crippen molar-refractivity contribution >= 4 is 5.91 Å². The number of carbonyl (C=O) groups is 1. The van der Waals surface area contributed by atoms with Crippen LogP contribution in [0.1, 0.15) is 43.2 Å². The van der Waals surface area contributed by atoms with Gasteiger partial charge in [0.05, 0.1) is 18.1 Å². The summed E-state index contributed by atoms with van der Waals surface area (Å²) in [6.45, 7) is 2.77. The SMILES string of the molecule is O=C(C[C@@H]1CCCO1)NC1CCN(Cc2cccc(C(F)(F)F)c2)CC1. The summed E-state index contributed by atoms with van der Waals surface area (Å²) in [6.07, 6.45) is -0.238. The molecule has 0 bridgehead atoms. The quantitative estimate of drug-likeness (QED) is 0.864. The molecule has 2 heterocycles. The lowest BCUT2D eigenvalue weighted by Gasteiger charge is -2.32. The van der Waals surface area contributed by atoms with Crippen LogP contribution in [0.2, 0.25) is 0 Å². The minimum absolute atomic E-state index is 0.0354. The maximum atomic E-state index is 12.8. The van der Waals surface area contributed by atoms with Gasteiger partial charge < -0.3 is 10.1 Å². The molecule has 7 heteroatoms. The molecular formula is C19H25F3N2O2. The van der Waals surface area contributed by atoms with Gasteiger partial charge in [0, 0.05) is 32.3 Å². The molecule has 1 aromatic rings. The number of amides is 1. The number of ether oxygens (including phenoxy) is 1. The maximum absolute atomic E-state index is 12.8. The molecule has 1 amide bonds. The average Bonchev–Trinajstić information content (AvgIpc) is 3.09. The molecule has 0 spiro atoms. The number of rotatable bonds is 5. The van der Waals surface area contributed by atoms with Gasteiger partial charge in [-0.2, -0.15) is 13.2 Å². The third-order valence-corrected chi connectivity index (χ3v) is 5.05. The number of nitrogens with zero attached hydrogens (tertiary/aromatic N) is 1. The Morgan fingerprint density at radius 2 is 2.00 bits per heavy atom. The summed E-state index contributed by atoms with van der Waals surface area (Å²) < 4.78 is 43.9. The molecule has 0 radical (unpaired) electrons. The van der Waals surface area contributed by atoms with E-state index in [2.05, 4.69) is 10.2 Å². The first-order valence-corrected chi connectivity index (χ1v) is 9.19. The van der Waals surface area contributed by atoms with Crippen molar-refractivity contribution < 1.29 is 22.7 Å². The number of hydrogen-bond acceptors (Lipinski definition) is 3. The minimum atomic E-state index is -4.31. The molecule has 1 atom stereocenters. The second-order valence-corrected chi connectivity index (χ2v) is 7.16. The molecule has 0 unspecified atom stereocenters. The van der Waals surface area contributed by atoms with E-state index in [1.165, 1.54) is 12.1 Å². The van der Waals surface area contributed by atoms with Gasteiger partial charge in [0.2, 0.25) is 5.91 Å². The summed E-state index contributed by atoms with van der Waals surface area (Å²) in [7, 11) is 0. The van der Waals surface area contributed by atoms with Crippen molar-refractivity contribution in [1.82, 2.24) is 10.2 Å². The summed E-state index contributed by atoms with van der Waals surface area (Å²) in [5, 5.41) is 3.06. The van der Waals surface area contributed by atoms with Crippen LogP contribution in [0.4, 0.5) is 13.2 Å². The number of likely N-dealkylation sites (tertiary alicyclic amines) is 1. The smallest absolute Gasteiger partial charge is 0.378 e. The number of nitrogens with one attached hydrogen (secondary N) is 1. The summed E-state index contributed by atoms with van der Waals surface area (Å²) in [5.41, 5.74) is 0.0620. The zero-order chi connectivity index (χ0) is 18.6. The molecule has 0 saturated carbocycles. The van der Waals surface area contributed by atoms with Gasteiger partial charge in [-0.15, -0.1) is 0 Å². The van der Waals surface area contributed by atoms with Crippen LogP contribution in [-0.4, -0.2) is 42.6 Å². The second-order valence-electron chi connectivity index (χ2n) is 7.16. The van der Waals surface area contributed by atoms with E-state index in [9.17, 15) is 18.0 Å². The van der Waals surface area contributed by atoms with Crippen molar-refractivity contribution in [2.75, 3.05) is 19.7 Å². The summed E-state index contributed by atoms with van der Waals surface area (Å²) in [4.78, 5) is 14.2. The molecule has 1 N–H and O–H groups in total. The van der Waals surface area contributed by atoms with Gasteiger partial charge in [-0.1, -0.05) is 18.2 Å². The van der Waals surface area contributed by atoms with E-state index in [4.69, 9.17) is 4.74 Å². The minimum Gasteiger partial charge on any atom is -0.378 e. The van der Waals surface area contributed by atoms with Crippen molar-refractivity contribution in [2.45, 2.75) is 57.0 Å². The van der Waals surface area contributed by atoms with Gasteiger partial charge in [0.15, 0.2) is 0 Å². The van der Waals surface area contributed by atoms with Crippen LogP contribution in [0.3, 0.4) is 0 Å². The maximum Gasteiger partial charge on any atom is 0.416 e. The predicted molar refractivity (Wildman–Crippen MR) is 91.5 cm³/mol. The monoisotopic (exact) mass is 370 g/mol. The third kappa shape index (κ3) is 5.45. The van der Waals surface area contributed by atoms with E-state index in [0.717, 1.165) is 51.4 Å². The average molecular weight is 370 g/mol. The fourth-order valence-electron chi connectivity index (χ4n) is 3.64. The Kier molecular flexibility index (Phi) is 6.19. The van der Waals surface area contributed by atoms with Gasteiger partial charge in [-0.3, -0.25) is 9.69 Å². The lowest BCUT2D eigenvalue weighted by atomic mass is 10.0. The predicted octanol–water partition coefficient (Wildman–Crippen LogP) is 3.36. The number of benzene rings is 1. The molecule has 2 fully saturated rings. The molecule has 2 aliphatic heterocycles. The van der Waals surface area contributed by atoms with E-state index in [0.29, 0.717) is 18.5 Å². The first-order chi connectivity index (χ1) is 12.4. The van der Waals surface area contributed by atoms with Crippen molar-refractivity contribution in [3.8, 4) is 0 Å². The molecule has 0 aromatic heterocycles. The van der Waals surface area contributed by atoms with Gasteiger partial charge >= 0.3 is 6.18 Å². The fraction of sp³-hybridized carbons (Fsp3) is 0.632. The van der Waals surface area contributed by atoms with Crippen molar-refractivity contribution in [3.63, 3.8) is 0 Å². The van der Waals surface area contributed by atoms with Crippen molar-refractivity contribution in [1.29, 1.82) is 0 Å². The van der Waals surface area contributed by atoms with Gasteiger partial charge in [0.25, 0.3) is 0 Å². The molecule has 1 aromatic carbocycles. The van der Waals surface area contributed by atoms with Crippen LogP contribution in [0.25, 0.3) is 0 Å². The van der Waals surface area contributed by atoms with Gasteiger partial charge in [-0.05, 0) is 37.3 Å². The van der Waals surface area contributed by atoms with E-state index in [-0.39, 0.29) is 18.1 Å². The molecular weight excluding hydrogens is 345 g/mol. The molecule has 2 saturated heterocycles. The summed E-state index contributed by atoms with van der Waals surface area (Å²) >= 11 is 0. The molecule has 0 aliphatic carbocycles. The molecule has 144 valence electrons. The first-order valence-electron chi connectivity index (χ1n) is 9.19. The number of alkyl halides is 3. The zero-order valence-electron chi connectivity index (χ0n) is 14.7. The molecule has 2 aliphatic rings. The Morgan fingerprint density at radius 1 is 1.23 bits per heavy atom. The summed E-state index contributed by atoms with van der Waals surface area (Å²) in [6, 6.07) is 5.64. The van der Waals surface area contributed by atoms with Gasteiger partial charge in [-0.25, -0.2) is 0 Å².